The Kier molecular flexibility index (Phi) is 4.58. The van der Waals surface area contributed by atoms with Crippen molar-refractivity contribution in [3.8, 4) is 0 Å². The molecular weight excluding hydrogens is 320 g/mol. The number of likely N-dealkylation sites (tertiary alicyclic amines) is 1. The number of thiophene rings is 1. The second-order valence-electron chi connectivity index (χ2n) is 7.26. The van der Waals surface area contributed by atoms with E-state index >= 15 is 0 Å². The molecule has 130 valence electrons. The molecular formula is C19H26N2O2S. The van der Waals surface area contributed by atoms with Gasteiger partial charge in [0.15, 0.2) is 0 Å². The van der Waals surface area contributed by atoms with Crippen molar-refractivity contribution >= 4 is 17.2 Å². The average molecular weight is 346 g/mol. The van der Waals surface area contributed by atoms with E-state index in [9.17, 15) is 9.90 Å². The smallest absolute Gasteiger partial charge is 0.256 e. The summed E-state index contributed by atoms with van der Waals surface area (Å²) < 4.78 is 2.20. The van der Waals surface area contributed by atoms with Gasteiger partial charge in [0.2, 0.25) is 0 Å². The standard InChI is InChI=1S/C19H26N2O2S/c1-13-11-16(14(2)21(13)12-15-7-6-10-24-15)18(22)20-9-5-8-17(20)19(3,4)23/h6-7,10-11,17,23H,5,8-9,12H2,1-4H3. The lowest BCUT2D eigenvalue weighted by atomic mass is 9.96. The van der Waals surface area contributed by atoms with Crippen LogP contribution >= 0.6 is 11.3 Å². The summed E-state index contributed by atoms with van der Waals surface area (Å²) in [5.41, 5.74) is 2.00. The van der Waals surface area contributed by atoms with Gasteiger partial charge in [-0.2, -0.15) is 0 Å². The van der Waals surface area contributed by atoms with E-state index in [2.05, 4.69) is 29.0 Å². The Labute approximate surface area is 147 Å². The van der Waals surface area contributed by atoms with Gasteiger partial charge in [-0.05, 0) is 58.0 Å². The zero-order chi connectivity index (χ0) is 17.5. The topological polar surface area (TPSA) is 45.5 Å². The highest BCUT2D eigenvalue weighted by atomic mass is 32.1. The fraction of sp³-hybridized carbons (Fsp3) is 0.526. The van der Waals surface area contributed by atoms with Crippen LogP contribution in [-0.4, -0.2) is 38.7 Å². The van der Waals surface area contributed by atoms with Gasteiger partial charge in [0.25, 0.3) is 5.91 Å². The zero-order valence-electron chi connectivity index (χ0n) is 14.9. The Morgan fingerprint density at radius 2 is 2.17 bits per heavy atom. The summed E-state index contributed by atoms with van der Waals surface area (Å²) in [5, 5.41) is 12.5. The van der Waals surface area contributed by atoms with Crippen molar-refractivity contribution in [2.45, 2.75) is 58.7 Å². The molecule has 1 aliphatic rings. The van der Waals surface area contributed by atoms with Crippen molar-refractivity contribution in [2.75, 3.05) is 6.54 Å². The predicted octanol–water partition coefficient (Wildman–Crippen LogP) is 3.59. The third-order valence-corrected chi connectivity index (χ3v) is 5.89. The molecule has 0 radical (unpaired) electrons. The van der Waals surface area contributed by atoms with Gasteiger partial charge in [-0.25, -0.2) is 0 Å². The van der Waals surface area contributed by atoms with E-state index in [1.807, 2.05) is 17.9 Å². The zero-order valence-corrected chi connectivity index (χ0v) is 15.7. The Balaban J connectivity index is 1.88. The van der Waals surface area contributed by atoms with Gasteiger partial charge in [-0.3, -0.25) is 4.79 Å². The van der Waals surface area contributed by atoms with Crippen molar-refractivity contribution in [1.82, 2.24) is 9.47 Å². The van der Waals surface area contributed by atoms with E-state index in [-0.39, 0.29) is 11.9 Å². The lowest BCUT2D eigenvalue weighted by Gasteiger charge is -2.33. The van der Waals surface area contributed by atoms with E-state index in [1.165, 1.54) is 4.88 Å². The van der Waals surface area contributed by atoms with Gasteiger partial charge >= 0.3 is 0 Å². The van der Waals surface area contributed by atoms with Crippen LogP contribution in [0.4, 0.5) is 0 Å². The second kappa shape index (κ2) is 6.37. The molecule has 1 amide bonds. The molecule has 0 aliphatic carbocycles. The minimum absolute atomic E-state index is 0.0464. The van der Waals surface area contributed by atoms with Crippen molar-refractivity contribution < 1.29 is 9.90 Å². The Hall–Kier alpha value is -1.59. The summed E-state index contributed by atoms with van der Waals surface area (Å²) >= 11 is 1.73. The molecule has 3 heterocycles. The molecule has 1 atom stereocenters. The number of amides is 1. The lowest BCUT2D eigenvalue weighted by Crippen LogP contribution is -2.48. The molecule has 24 heavy (non-hydrogen) atoms. The third-order valence-electron chi connectivity index (χ3n) is 5.03. The average Bonchev–Trinajstić information content (AvgIpc) is 3.22. The minimum atomic E-state index is -0.866. The minimum Gasteiger partial charge on any atom is -0.388 e. The van der Waals surface area contributed by atoms with Crippen LogP contribution in [0.3, 0.4) is 0 Å². The number of nitrogens with zero attached hydrogens (tertiary/aromatic N) is 2. The molecule has 4 nitrogen and oxygen atoms in total. The highest BCUT2D eigenvalue weighted by molar-refractivity contribution is 7.09. The summed E-state index contributed by atoms with van der Waals surface area (Å²) in [5.74, 6) is 0.0464. The first kappa shape index (κ1) is 17.2. The van der Waals surface area contributed by atoms with Crippen molar-refractivity contribution in [2.24, 2.45) is 0 Å². The third kappa shape index (κ3) is 3.15. The molecule has 2 aromatic heterocycles. The number of aromatic nitrogens is 1. The van der Waals surface area contributed by atoms with Crippen LogP contribution in [0.15, 0.2) is 23.6 Å². The summed E-state index contributed by atoms with van der Waals surface area (Å²) in [4.78, 5) is 16.2. The van der Waals surface area contributed by atoms with Crippen molar-refractivity contribution in [1.29, 1.82) is 0 Å². The van der Waals surface area contributed by atoms with Crippen LogP contribution < -0.4 is 0 Å². The molecule has 0 bridgehead atoms. The summed E-state index contributed by atoms with van der Waals surface area (Å²) in [6.07, 6.45) is 1.82. The number of rotatable bonds is 4. The normalized spacial score (nSPS) is 18.4. The molecule has 2 aromatic rings. The van der Waals surface area contributed by atoms with Gasteiger partial charge in [0, 0.05) is 22.8 Å². The van der Waals surface area contributed by atoms with E-state index < -0.39 is 5.60 Å². The molecule has 1 saturated heterocycles. The Bertz CT molecular complexity index is 725. The van der Waals surface area contributed by atoms with Gasteiger partial charge in [0.1, 0.15) is 0 Å². The van der Waals surface area contributed by atoms with Crippen molar-refractivity contribution in [3.63, 3.8) is 0 Å². The summed E-state index contributed by atoms with van der Waals surface area (Å²) in [6.45, 7) is 9.18. The first-order valence-electron chi connectivity index (χ1n) is 8.51. The van der Waals surface area contributed by atoms with E-state index in [0.29, 0.717) is 0 Å². The number of aliphatic hydroxyl groups is 1. The van der Waals surface area contributed by atoms with E-state index in [0.717, 1.165) is 42.9 Å². The molecule has 0 aromatic carbocycles. The van der Waals surface area contributed by atoms with Crippen LogP contribution in [0.1, 0.15) is 53.3 Å². The summed E-state index contributed by atoms with van der Waals surface area (Å²) in [6, 6.07) is 6.06. The first-order valence-corrected chi connectivity index (χ1v) is 9.39. The van der Waals surface area contributed by atoms with Gasteiger partial charge in [-0.1, -0.05) is 6.07 Å². The number of hydrogen-bond acceptors (Lipinski definition) is 3. The van der Waals surface area contributed by atoms with Crippen LogP contribution in [0.5, 0.6) is 0 Å². The molecule has 5 heteroatoms. The largest absolute Gasteiger partial charge is 0.388 e. The fourth-order valence-corrected chi connectivity index (χ4v) is 4.41. The number of hydrogen-bond donors (Lipinski definition) is 1. The maximum absolute atomic E-state index is 13.1. The van der Waals surface area contributed by atoms with Crippen molar-refractivity contribution in [3.05, 3.63) is 45.4 Å². The monoisotopic (exact) mass is 346 g/mol. The molecule has 0 spiro atoms. The second-order valence-corrected chi connectivity index (χ2v) is 8.29. The van der Waals surface area contributed by atoms with Crippen LogP contribution in [-0.2, 0) is 6.54 Å². The maximum atomic E-state index is 13.1. The van der Waals surface area contributed by atoms with Crippen LogP contribution in [0.25, 0.3) is 0 Å². The molecule has 1 N–H and O–H groups in total. The van der Waals surface area contributed by atoms with Gasteiger partial charge < -0.3 is 14.6 Å². The van der Waals surface area contributed by atoms with E-state index in [1.54, 1.807) is 25.2 Å². The molecule has 1 unspecified atom stereocenters. The highest BCUT2D eigenvalue weighted by Crippen LogP contribution is 2.30. The summed E-state index contributed by atoms with van der Waals surface area (Å²) in [7, 11) is 0. The highest BCUT2D eigenvalue weighted by Gasteiger charge is 2.39. The number of carbonyl (C=O) groups is 1. The Morgan fingerprint density at radius 3 is 2.79 bits per heavy atom. The quantitative estimate of drug-likeness (QED) is 0.919. The fourth-order valence-electron chi connectivity index (χ4n) is 3.72. The molecule has 0 saturated carbocycles. The molecule has 1 fully saturated rings. The SMILES string of the molecule is Cc1cc(C(=O)N2CCCC2C(C)(C)O)c(C)n1Cc1cccs1. The van der Waals surface area contributed by atoms with Crippen LogP contribution in [0, 0.1) is 13.8 Å². The van der Waals surface area contributed by atoms with Gasteiger partial charge in [-0.15, -0.1) is 11.3 Å². The Morgan fingerprint density at radius 1 is 1.42 bits per heavy atom. The lowest BCUT2D eigenvalue weighted by molar-refractivity contribution is 0.000301. The van der Waals surface area contributed by atoms with Gasteiger partial charge in [0.05, 0.1) is 23.8 Å². The first-order chi connectivity index (χ1) is 11.3. The predicted molar refractivity (Wildman–Crippen MR) is 97.7 cm³/mol. The molecule has 3 rings (SSSR count). The maximum Gasteiger partial charge on any atom is 0.256 e. The van der Waals surface area contributed by atoms with E-state index in [4.69, 9.17) is 0 Å². The number of aryl methyl sites for hydroxylation is 1. The number of carbonyl (C=O) groups excluding carboxylic acids is 1. The molecule has 1 aliphatic heterocycles. The van der Waals surface area contributed by atoms with Crippen LogP contribution in [0.2, 0.25) is 0 Å².